The van der Waals surface area contributed by atoms with Gasteiger partial charge in [-0.2, -0.15) is 0 Å². The Kier molecular flexibility index (Phi) is 15.4. The van der Waals surface area contributed by atoms with Gasteiger partial charge in [0.05, 0.1) is 6.61 Å². The summed E-state index contributed by atoms with van der Waals surface area (Å²) in [5, 5.41) is 8.64. The van der Waals surface area contributed by atoms with E-state index in [1.807, 2.05) is 6.26 Å². The first-order valence-electron chi connectivity index (χ1n) is 7.13. The molecule has 2 nitrogen and oxygen atoms in total. The monoisotopic (exact) mass is 292 g/mol. The molecule has 108 valence electrons. The lowest BCUT2D eigenvalue weighted by Crippen LogP contribution is -1.98. The molecule has 0 atom stereocenters. The maximum absolute atomic E-state index is 8.64. The van der Waals surface area contributed by atoms with Gasteiger partial charge in [0.25, 0.3) is 0 Å². The summed E-state index contributed by atoms with van der Waals surface area (Å²) in [7, 11) is 0. The number of aliphatic hydroxyl groups is 1. The fraction of sp³-hybridized carbons (Fsp3) is 0.929. The summed E-state index contributed by atoms with van der Waals surface area (Å²) in [6.07, 6.45) is 14.4. The maximum atomic E-state index is 8.64. The third-order valence-corrected chi connectivity index (χ3v) is 4.01. The first-order chi connectivity index (χ1) is 8.81. The average Bonchev–Trinajstić information content (AvgIpc) is 2.39. The van der Waals surface area contributed by atoms with Crippen LogP contribution >= 0.6 is 24.0 Å². The van der Waals surface area contributed by atoms with Crippen LogP contribution in [0.25, 0.3) is 0 Å². The molecule has 0 bridgehead atoms. The molecule has 0 amide bonds. The van der Waals surface area contributed by atoms with Gasteiger partial charge in [-0.15, -0.1) is 0 Å². The van der Waals surface area contributed by atoms with E-state index in [-0.39, 0.29) is 0 Å². The van der Waals surface area contributed by atoms with E-state index in [0.717, 1.165) is 19.4 Å². The van der Waals surface area contributed by atoms with Crippen LogP contribution in [0.3, 0.4) is 0 Å². The van der Waals surface area contributed by atoms with Gasteiger partial charge in [-0.05, 0) is 31.3 Å². The Morgan fingerprint density at radius 3 is 1.78 bits per heavy atom. The molecule has 0 saturated heterocycles. The van der Waals surface area contributed by atoms with Gasteiger partial charge in [-0.1, -0.05) is 63.1 Å². The number of hydrogen-bond acceptors (Lipinski definition) is 4. The van der Waals surface area contributed by atoms with Crippen LogP contribution < -0.4 is 0 Å². The zero-order chi connectivity index (χ0) is 13.5. The van der Waals surface area contributed by atoms with Gasteiger partial charge in [-0.25, -0.2) is 0 Å². The molecule has 1 N–H and O–H groups in total. The van der Waals surface area contributed by atoms with Crippen molar-refractivity contribution < 1.29 is 9.84 Å². The van der Waals surface area contributed by atoms with Crippen molar-refractivity contribution in [3.05, 3.63) is 0 Å². The molecule has 0 rings (SSSR count). The Morgan fingerprint density at radius 2 is 1.33 bits per heavy atom. The second-order valence-electron chi connectivity index (χ2n) is 4.56. The van der Waals surface area contributed by atoms with Crippen molar-refractivity contribution >= 4 is 28.4 Å². The predicted octanol–water partition coefficient (Wildman–Crippen LogP) is 4.54. The van der Waals surface area contributed by atoms with Crippen LogP contribution in [-0.2, 0) is 4.74 Å². The van der Waals surface area contributed by atoms with Crippen molar-refractivity contribution in [3.8, 4) is 0 Å². The molecule has 0 unspecified atom stereocenters. The van der Waals surface area contributed by atoms with E-state index in [4.69, 9.17) is 22.1 Å². The summed E-state index contributed by atoms with van der Waals surface area (Å²) in [4.78, 5) is 0. The predicted molar refractivity (Wildman–Crippen MR) is 85.3 cm³/mol. The SMILES string of the molecule is CSC(=S)OCCCCCCCCCCCCO. The lowest BCUT2D eigenvalue weighted by molar-refractivity contribution is 0.282. The number of ether oxygens (including phenoxy) is 1. The van der Waals surface area contributed by atoms with Gasteiger partial charge < -0.3 is 9.84 Å². The van der Waals surface area contributed by atoms with Gasteiger partial charge in [0.1, 0.15) is 0 Å². The third-order valence-electron chi connectivity index (χ3n) is 2.94. The van der Waals surface area contributed by atoms with Gasteiger partial charge in [0, 0.05) is 6.61 Å². The molecule has 0 fully saturated rings. The van der Waals surface area contributed by atoms with Gasteiger partial charge in [-0.3, -0.25) is 0 Å². The Morgan fingerprint density at radius 1 is 0.889 bits per heavy atom. The number of rotatable bonds is 12. The first-order valence-corrected chi connectivity index (χ1v) is 8.76. The average molecular weight is 293 g/mol. The molecule has 0 radical (unpaired) electrons. The number of unbranched alkanes of at least 4 members (excludes halogenated alkanes) is 9. The lowest BCUT2D eigenvalue weighted by Gasteiger charge is -2.05. The van der Waals surface area contributed by atoms with E-state index in [2.05, 4.69) is 0 Å². The summed E-state index contributed by atoms with van der Waals surface area (Å²) < 4.78 is 6.01. The Hall–Kier alpha value is 0.200. The highest BCUT2D eigenvalue weighted by Gasteiger charge is 1.95. The van der Waals surface area contributed by atoms with Crippen LogP contribution in [0, 0.1) is 0 Å². The molecule has 0 aliphatic heterocycles. The van der Waals surface area contributed by atoms with E-state index in [0.29, 0.717) is 11.0 Å². The summed E-state index contributed by atoms with van der Waals surface area (Å²) in [5.74, 6) is 0. The molecular weight excluding hydrogens is 264 g/mol. The summed E-state index contributed by atoms with van der Waals surface area (Å²) >= 11 is 6.46. The second-order valence-corrected chi connectivity index (χ2v) is 5.97. The Labute approximate surface area is 122 Å². The molecule has 0 saturated carbocycles. The standard InChI is InChI=1S/C14H28O2S2/c1-18-14(17)16-13-11-9-7-5-3-2-4-6-8-10-12-15/h15H,2-13H2,1H3. The van der Waals surface area contributed by atoms with Gasteiger partial charge in [0.15, 0.2) is 0 Å². The zero-order valence-electron chi connectivity index (χ0n) is 11.7. The first kappa shape index (κ1) is 18.2. The highest BCUT2D eigenvalue weighted by molar-refractivity contribution is 8.22. The zero-order valence-corrected chi connectivity index (χ0v) is 13.3. The minimum atomic E-state index is 0.349. The van der Waals surface area contributed by atoms with Crippen molar-refractivity contribution in [2.24, 2.45) is 0 Å². The molecule has 0 aromatic rings. The molecule has 4 heteroatoms. The smallest absolute Gasteiger partial charge is 0.219 e. The molecule has 0 aromatic carbocycles. The second kappa shape index (κ2) is 15.3. The van der Waals surface area contributed by atoms with Crippen molar-refractivity contribution in [1.29, 1.82) is 0 Å². The van der Waals surface area contributed by atoms with Gasteiger partial charge >= 0.3 is 0 Å². The summed E-state index contributed by atoms with van der Waals surface area (Å²) in [6, 6.07) is 0. The Bertz CT molecular complexity index is 187. The van der Waals surface area contributed by atoms with E-state index in [9.17, 15) is 0 Å². The lowest BCUT2D eigenvalue weighted by atomic mass is 10.1. The van der Waals surface area contributed by atoms with E-state index < -0.39 is 0 Å². The normalized spacial score (nSPS) is 10.6. The number of thiocarbonyl (C=S) groups is 1. The molecule has 18 heavy (non-hydrogen) atoms. The molecule has 0 heterocycles. The van der Waals surface area contributed by atoms with Crippen LogP contribution in [0.15, 0.2) is 0 Å². The number of hydrogen-bond donors (Lipinski definition) is 1. The van der Waals surface area contributed by atoms with Crippen molar-refractivity contribution in [2.45, 2.75) is 64.2 Å². The van der Waals surface area contributed by atoms with E-state index in [1.165, 1.54) is 63.1 Å². The Balaban J connectivity index is 2.97. The maximum Gasteiger partial charge on any atom is 0.219 e. The fourth-order valence-corrected chi connectivity index (χ4v) is 2.13. The van der Waals surface area contributed by atoms with Crippen molar-refractivity contribution in [1.82, 2.24) is 0 Å². The molecule has 0 aromatic heterocycles. The molecular formula is C14H28O2S2. The fourth-order valence-electron chi connectivity index (χ4n) is 1.84. The van der Waals surface area contributed by atoms with Crippen molar-refractivity contribution in [3.63, 3.8) is 0 Å². The molecule has 0 aliphatic carbocycles. The quantitative estimate of drug-likeness (QED) is 0.422. The largest absolute Gasteiger partial charge is 0.479 e. The minimum absolute atomic E-state index is 0.349. The van der Waals surface area contributed by atoms with Crippen LogP contribution in [0.2, 0.25) is 0 Å². The topological polar surface area (TPSA) is 29.5 Å². The van der Waals surface area contributed by atoms with Crippen LogP contribution in [0.5, 0.6) is 0 Å². The number of aliphatic hydroxyl groups excluding tert-OH is 1. The van der Waals surface area contributed by atoms with Crippen LogP contribution in [0.1, 0.15) is 64.2 Å². The van der Waals surface area contributed by atoms with Crippen molar-refractivity contribution in [2.75, 3.05) is 19.5 Å². The highest BCUT2D eigenvalue weighted by atomic mass is 32.2. The van der Waals surface area contributed by atoms with Crippen LogP contribution in [0.4, 0.5) is 0 Å². The summed E-state index contributed by atoms with van der Waals surface area (Å²) in [5.41, 5.74) is 0. The third kappa shape index (κ3) is 14.3. The molecule has 0 spiro atoms. The highest BCUT2D eigenvalue weighted by Crippen LogP contribution is 2.10. The van der Waals surface area contributed by atoms with E-state index >= 15 is 0 Å². The van der Waals surface area contributed by atoms with Gasteiger partial charge in [0.2, 0.25) is 4.38 Å². The van der Waals surface area contributed by atoms with E-state index in [1.54, 1.807) is 0 Å². The minimum Gasteiger partial charge on any atom is -0.479 e. The molecule has 0 aliphatic rings. The van der Waals surface area contributed by atoms with Crippen LogP contribution in [-0.4, -0.2) is 29.0 Å². The summed E-state index contributed by atoms with van der Waals surface area (Å²) in [6.45, 7) is 1.13. The number of thioether (sulfide) groups is 1.